The lowest BCUT2D eigenvalue weighted by molar-refractivity contribution is -0.143. The van der Waals surface area contributed by atoms with Crippen LogP contribution in [-0.4, -0.2) is 25.7 Å². The van der Waals surface area contributed by atoms with Crippen LogP contribution in [0.25, 0.3) is 0 Å². The summed E-state index contributed by atoms with van der Waals surface area (Å²) in [6, 6.07) is 6.01. The van der Waals surface area contributed by atoms with Crippen LogP contribution in [0.3, 0.4) is 0 Å². The molecule has 0 aliphatic carbocycles. The average Bonchev–Trinajstić information content (AvgIpc) is 2.21. The number of hydrogen-bond donors (Lipinski definition) is 0. The molecule has 0 bridgehead atoms. The lowest BCUT2D eigenvalue weighted by Crippen LogP contribution is -2.53. The van der Waals surface area contributed by atoms with Crippen LogP contribution in [0.5, 0.6) is 0 Å². The molecule has 16 heavy (non-hydrogen) atoms. The molecule has 2 rings (SSSR count). The van der Waals surface area contributed by atoms with E-state index in [-0.39, 0.29) is 12.0 Å². The summed E-state index contributed by atoms with van der Waals surface area (Å²) < 4.78 is 5.80. The van der Waals surface area contributed by atoms with Gasteiger partial charge in [-0.25, -0.2) is 4.79 Å². The fraction of sp³-hybridized carbons (Fsp3) is 0.417. The molecule has 86 valence electrons. The van der Waals surface area contributed by atoms with E-state index in [1.807, 2.05) is 19.1 Å². The van der Waals surface area contributed by atoms with E-state index in [2.05, 4.69) is 26.9 Å². The van der Waals surface area contributed by atoms with E-state index in [9.17, 15) is 4.79 Å². The highest BCUT2D eigenvalue weighted by molar-refractivity contribution is 9.10. The quantitative estimate of drug-likeness (QED) is 0.781. The molecule has 1 aliphatic rings. The summed E-state index contributed by atoms with van der Waals surface area (Å²) >= 11 is 3.51. The van der Waals surface area contributed by atoms with Gasteiger partial charge in [-0.15, -0.1) is 0 Å². The molecule has 1 aromatic carbocycles. The Balaban J connectivity index is 2.24. The third-order valence-electron chi connectivity index (χ3n) is 2.90. The Morgan fingerprint density at radius 1 is 1.56 bits per heavy atom. The maximum absolute atomic E-state index is 11.5. The van der Waals surface area contributed by atoms with Gasteiger partial charge in [-0.3, -0.25) is 0 Å². The van der Waals surface area contributed by atoms with Crippen molar-refractivity contribution >= 4 is 27.6 Å². The molecule has 1 atom stereocenters. The molecule has 1 unspecified atom stereocenters. The first-order valence-corrected chi connectivity index (χ1v) is 6.03. The number of carbonyl (C=O) groups excluding carboxylic acids is 1. The number of benzene rings is 1. The molecule has 1 heterocycles. The molecule has 0 N–H and O–H groups in total. The first-order chi connectivity index (χ1) is 7.63. The van der Waals surface area contributed by atoms with Crippen LogP contribution in [0.2, 0.25) is 0 Å². The highest BCUT2D eigenvalue weighted by atomic mass is 79.9. The summed E-state index contributed by atoms with van der Waals surface area (Å²) in [5.74, 6) is -0.153. The van der Waals surface area contributed by atoms with Gasteiger partial charge in [0.15, 0.2) is 0 Å². The summed E-state index contributed by atoms with van der Waals surface area (Å²) in [6.45, 7) is 2.95. The zero-order valence-corrected chi connectivity index (χ0v) is 11.0. The lowest BCUT2D eigenvalue weighted by atomic mass is 10.0. The lowest BCUT2D eigenvalue weighted by Gasteiger charge is -2.41. The van der Waals surface area contributed by atoms with Crippen molar-refractivity contribution in [3.63, 3.8) is 0 Å². The Morgan fingerprint density at radius 3 is 2.88 bits per heavy atom. The number of halogens is 1. The van der Waals surface area contributed by atoms with E-state index in [0.29, 0.717) is 0 Å². The van der Waals surface area contributed by atoms with E-state index in [1.165, 1.54) is 12.7 Å². The van der Waals surface area contributed by atoms with Crippen molar-refractivity contribution in [2.75, 3.05) is 18.6 Å². The van der Waals surface area contributed by atoms with Gasteiger partial charge in [-0.05, 0) is 47.0 Å². The van der Waals surface area contributed by atoms with Crippen molar-refractivity contribution in [1.29, 1.82) is 0 Å². The Kier molecular flexibility index (Phi) is 3.19. The number of methoxy groups -OCH3 is 1. The number of hydrogen-bond acceptors (Lipinski definition) is 3. The van der Waals surface area contributed by atoms with Gasteiger partial charge in [0, 0.05) is 11.0 Å². The van der Waals surface area contributed by atoms with Crippen LogP contribution >= 0.6 is 15.9 Å². The monoisotopic (exact) mass is 283 g/mol. The van der Waals surface area contributed by atoms with Crippen molar-refractivity contribution in [2.24, 2.45) is 0 Å². The SMILES string of the molecule is COC(=O)C1CCN1c1cc(C)ccc1Br. The predicted molar refractivity (Wildman–Crippen MR) is 66.6 cm³/mol. The molecule has 0 spiro atoms. The molecule has 0 saturated carbocycles. The Morgan fingerprint density at radius 2 is 2.31 bits per heavy atom. The molecule has 0 amide bonds. The summed E-state index contributed by atoms with van der Waals surface area (Å²) in [6.07, 6.45) is 0.868. The molecule has 1 aromatic rings. The molecule has 4 heteroatoms. The molecular weight excluding hydrogens is 270 g/mol. The van der Waals surface area contributed by atoms with Gasteiger partial charge in [0.1, 0.15) is 6.04 Å². The number of esters is 1. The summed E-state index contributed by atoms with van der Waals surface area (Å²) in [5, 5.41) is 0. The summed E-state index contributed by atoms with van der Waals surface area (Å²) in [5.41, 5.74) is 2.26. The van der Waals surface area contributed by atoms with Gasteiger partial charge >= 0.3 is 5.97 Å². The Hall–Kier alpha value is -1.03. The number of ether oxygens (including phenoxy) is 1. The van der Waals surface area contributed by atoms with Crippen LogP contribution in [0.4, 0.5) is 5.69 Å². The van der Waals surface area contributed by atoms with E-state index in [0.717, 1.165) is 23.1 Å². The number of anilines is 1. The summed E-state index contributed by atoms with van der Waals surface area (Å²) in [7, 11) is 1.43. The standard InChI is InChI=1S/C12H14BrNO2/c1-8-3-4-9(13)11(7-8)14-6-5-10(14)12(15)16-2/h3-4,7,10H,5-6H2,1-2H3. The minimum absolute atomic E-state index is 0.122. The van der Waals surface area contributed by atoms with Gasteiger partial charge in [0.05, 0.1) is 12.8 Å². The minimum atomic E-state index is -0.153. The Labute approximate surface area is 104 Å². The van der Waals surface area contributed by atoms with Crippen molar-refractivity contribution in [1.82, 2.24) is 0 Å². The molecule has 1 saturated heterocycles. The first kappa shape index (κ1) is 11.5. The zero-order valence-electron chi connectivity index (χ0n) is 9.37. The molecule has 0 aromatic heterocycles. The van der Waals surface area contributed by atoms with Gasteiger partial charge in [0.25, 0.3) is 0 Å². The van der Waals surface area contributed by atoms with Crippen molar-refractivity contribution in [2.45, 2.75) is 19.4 Å². The van der Waals surface area contributed by atoms with Gasteiger partial charge in [-0.2, -0.15) is 0 Å². The number of aryl methyl sites for hydroxylation is 1. The zero-order chi connectivity index (χ0) is 11.7. The van der Waals surface area contributed by atoms with Gasteiger partial charge in [-0.1, -0.05) is 6.07 Å². The van der Waals surface area contributed by atoms with Crippen LogP contribution in [-0.2, 0) is 9.53 Å². The molecule has 1 aliphatic heterocycles. The van der Waals surface area contributed by atoms with Crippen LogP contribution in [0.1, 0.15) is 12.0 Å². The first-order valence-electron chi connectivity index (χ1n) is 5.24. The van der Waals surface area contributed by atoms with Crippen LogP contribution in [0, 0.1) is 6.92 Å². The van der Waals surface area contributed by atoms with Crippen LogP contribution in [0.15, 0.2) is 22.7 Å². The van der Waals surface area contributed by atoms with Gasteiger partial charge < -0.3 is 9.64 Å². The maximum Gasteiger partial charge on any atom is 0.328 e. The normalized spacial score (nSPS) is 19.2. The average molecular weight is 284 g/mol. The maximum atomic E-state index is 11.5. The number of carbonyl (C=O) groups is 1. The molecular formula is C12H14BrNO2. The van der Waals surface area contributed by atoms with E-state index in [4.69, 9.17) is 4.74 Å². The second-order valence-electron chi connectivity index (χ2n) is 3.98. The van der Waals surface area contributed by atoms with Crippen molar-refractivity contribution in [3.8, 4) is 0 Å². The minimum Gasteiger partial charge on any atom is -0.467 e. The smallest absolute Gasteiger partial charge is 0.328 e. The largest absolute Gasteiger partial charge is 0.467 e. The second-order valence-corrected chi connectivity index (χ2v) is 4.83. The number of rotatable bonds is 2. The Bertz CT molecular complexity index is 419. The number of nitrogens with zero attached hydrogens (tertiary/aromatic N) is 1. The van der Waals surface area contributed by atoms with E-state index < -0.39 is 0 Å². The molecule has 3 nitrogen and oxygen atoms in total. The van der Waals surface area contributed by atoms with Crippen molar-refractivity contribution < 1.29 is 9.53 Å². The highest BCUT2D eigenvalue weighted by Crippen LogP contribution is 2.34. The van der Waals surface area contributed by atoms with Crippen molar-refractivity contribution in [3.05, 3.63) is 28.2 Å². The van der Waals surface area contributed by atoms with E-state index >= 15 is 0 Å². The molecule has 0 radical (unpaired) electrons. The second kappa shape index (κ2) is 4.45. The highest BCUT2D eigenvalue weighted by Gasteiger charge is 2.35. The molecule has 1 fully saturated rings. The fourth-order valence-corrected chi connectivity index (χ4v) is 2.37. The van der Waals surface area contributed by atoms with Gasteiger partial charge in [0.2, 0.25) is 0 Å². The predicted octanol–water partition coefficient (Wildman–Crippen LogP) is 2.51. The van der Waals surface area contributed by atoms with Crippen LogP contribution < -0.4 is 4.90 Å². The summed E-state index contributed by atoms with van der Waals surface area (Å²) in [4.78, 5) is 13.6. The fourth-order valence-electron chi connectivity index (χ4n) is 1.90. The van der Waals surface area contributed by atoms with E-state index in [1.54, 1.807) is 0 Å². The third kappa shape index (κ3) is 1.94. The topological polar surface area (TPSA) is 29.5 Å². The third-order valence-corrected chi connectivity index (χ3v) is 3.57.